The maximum atomic E-state index is 10.4. The van der Waals surface area contributed by atoms with Gasteiger partial charge < -0.3 is 4.74 Å². The third-order valence-electron chi connectivity index (χ3n) is 0.548. The number of hydrogen-bond donors (Lipinski definition) is 0. The highest BCUT2D eigenvalue weighted by atomic mass is 16.5. The molecular formula is C5H6N2O3. The van der Waals surface area contributed by atoms with Gasteiger partial charge in [-0.3, -0.25) is 0 Å². The second-order valence-corrected chi connectivity index (χ2v) is 1.19. The second kappa shape index (κ2) is 5.65. The number of nitrogens with zero attached hydrogens (tertiary/aromatic N) is 2. The van der Waals surface area contributed by atoms with Crippen LogP contribution in [0.15, 0.2) is 10.2 Å². The maximum absolute atomic E-state index is 10.4. The molecule has 10 heavy (non-hydrogen) atoms. The quantitative estimate of drug-likeness (QED) is 0.238. The molecule has 5 nitrogen and oxygen atoms in total. The van der Waals surface area contributed by atoms with Gasteiger partial charge in [0.05, 0.1) is 6.61 Å². The van der Waals surface area contributed by atoms with Crippen LogP contribution in [0.2, 0.25) is 0 Å². The molecule has 0 bridgehead atoms. The SMILES string of the molecule is CCOC(=O)C=NN=C=O. The molecule has 5 heteroatoms. The maximum Gasteiger partial charge on any atom is 0.351 e. The summed E-state index contributed by atoms with van der Waals surface area (Å²) in [6.45, 7) is 1.93. The van der Waals surface area contributed by atoms with Crippen LogP contribution in [0.3, 0.4) is 0 Å². The Kier molecular flexibility index (Phi) is 4.82. The Morgan fingerprint density at radius 1 is 1.80 bits per heavy atom. The van der Waals surface area contributed by atoms with E-state index in [2.05, 4.69) is 14.9 Å². The van der Waals surface area contributed by atoms with Gasteiger partial charge in [0.1, 0.15) is 6.21 Å². The van der Waals surface area contributed by atoms with Gasteiger partial charge in [-0.1, -0.05) is 5.10 Å². The van der Waals surface area contributed by atoms with Crippen molar-refractivity contribution in [2.45, 2.75) is 6.92 Å². The number of carbonyl (C=O) groups excluding carboxylic acids is 2. The smallest absolute Gasteiger partial charge is 0.351 e. The van der Waals surface area contributed by atoms with Crippen LogP contribution in [0.25, 0.3) is 0 Å². The minimum atomic E-state index is -0.624. The van der Waals surface area contributed by atoms with Gasteiger partial charge in [0, 0.05) is 0 Å². The lowest BCUT2D eigenvalue weighted by Gasteiger charge is -1.90. The molecule has 0 amide bonds. The van der Waals surface area contributed by atoms with Crippen molar-refractivity contribution in [1.82, 2.24) is 0 Å². The first-order chi connectivity index (χ1) is 4.81. The van der Waals surface area contributed by atoms with Crippen molar-refractivity contribution in [2.75, 3.05) is 6.61 Å². The van der Waals surface area contributed by atoms with Crippen molar-refractivity contribution in [1.29, 1.82) is 0 Å². The van der Waals surface area contributed by atoms with E-state index in [0.717, 1.165) is 12.3 Å². The Hall–Kier alpha value is -1.48. The van der Waals surface area contributed by atoms with E-state index in [4.69, 9.17) is 0 Å². The van der Waals surface area contributed by atoms with Crippen LogP contribution in [-0.2, 0) is 14.3 Å². The van der Waals surface area contributed by atoms with Crippen molar-refractivity contribution >= 4 is 18.3 Å². The highest BCUT2D eigenvalue weighted by Gasteiger charge is 1.91. The van der Waals surface area contributed by atoms with E-state index >= 15 is 0 Å². The number of hydrogen-bond acceptors (Lipinski definition) is 5. The summed E-state index contributed by atoms with van der Waals surface area (Å²) < 4.78 is 4.41. The average Bonchev–Trinajstić information content (AvgIpc) is 1.89. The lowest BCUT2D eigenvalue weighted by Crippen LogP contribution is -2.03. The molecule has 0 fully saturated rings. The summed E-state index contributed by atoms with van der Waals surface area (Å²) >= 11 is 0. The van der Waals surface area contributed by atoms with E-state index in [1.165, 1.54) is 0 Å². The molecular weight excluding hydrogens is 136 g/mol. The largest absolute Gasteiger partial charge is 0.462 e. The Morgan fingerprint density at radius 2 is 2.50 bits per heavy atom. The summed E-state index contributed by atoms with van der Waals surface area (Å²) in [5.74, 6) is -0.624. The van der Waals surface area contributed by atoms with E-state index in [0.29, 0.717) is 0 Å². The average molecular weight is 142 g/mol. The summed E-state index contributed by atoms with van der Waals surface area (Å²) in [6.07, 6.45) is 1.93. The van der Waals surface area contributed by atoms with Crippen LogP contribution < -0.4 is 0 Å². The molecule has 0 rings (SSSR count). The molecule has 0 aliphatic carbocycles. The van der Waals surface area contributed by atoms with Gasteiger partial charge in [0.25, 0.3) is 6.08 Å². The third kappa shape index (κ3) is 4.67. The molecule has 0 saturated carbocycles. The number of ether oxygens (including phenoxy) is 1. The van der Waals surface area contributed by atoms with E-state index < -0.39 is 5.97 Å². The lowest BCUT2D eigenvalue weighted by molar-refractivity contribution is -0.134. The second-order valence-electron chi connectivity index (χ2n) is 1.19. The minimum Gasteiger partial charge on any atom is -0.462 e. The number of esters is 1. The third-order valence-corrected chi connectivity index (χ3v) is 0.548. The highest BCUT2D eigenvalue weighted by Crippen LogP contribution is 1.73. The van der Waals surface area contributed by atoms with E-state index in [1.54, 1.807) is 6.92 Å². The molecule has 0 radical (unpaired) electrons. The van der Waals surface area contributed by atoms with E-state index in [1.807, 2.05) is 0 Å². The highest BCUT2D eigenvalue weighted by molar-refractivity contribution is 6.23. The molecule has 0 aliphatic heterocycles. The molecule has 0 unspecified atom stereocenters. The van der Waals surface area contributed by atoms with Crippen molar-refractivity contribution in [3.8, 4) is 0 Å². The fourth-order valence-corrected chi connectivity index (χ4v) is 0.279. The van der Waals surface area contributed by atoms with Crippen molar-refractivity contribution in [2.24, 2.45) is 10.2 Å². The minimum absolute atomic E-state index is 0.273. The molecule has 0 aromatic rings. The van der Waals surface area contributed by atoms with Gasteiger partial charge in [-0.05, 0) is 6.92 Å². The summed E-state index contributed by atoms with van der Waals surface area (Å²) in [5.41, 5.74) is 0. The first-order valence-corrected chi connectivity index (χ1v) is 2.58. The van der Waals surface area contributed by atoms with Crippen LogP contribution in [0.5, 0.6) is 0 Å². The van der Waals surface area contributed by atoms with Crippen LogP contribution in [0.4, 0.5) is 0 Å². The first-order valence-electron chi connectivity index (χ1n) is 2.58. The van der Waals surface area contributed by atoms with Crippen LogP contribution in [0, 0.1) is 0 Å². The monoisotopic (exact) mass is 142 g/mol. The van der Waals surface area contributed by atoms with Gasteiger partial charge in [-0.25, -0.2) is 9.59 Å². The Balaban J connectivity index is 3.66. The summed E-state index contributed by atoms with van der Waals surface area (Å²) in [7, 11) is 0. The molecule has 0 spiro atoms. The Bertz CT molecular complexity index is 181. The molecule has 0 aliphatic rings. The topological polar surface area (TPSA) is 68.1 Å². The van der Waals surface area contributed by atoms with Crippen molar-refractivity contribution in [3.63, 3.8) is 0 Å². The van der Waals surface area contributed by atoms with Crippen LogP contribution in [-0.4, -0.2) is 24.9 Å². The standard InChI is InChI=1S/C5H6N2O3/c1-2-10-5(9)3-6-7-4-8/h3H,2H2,1H3. The molecule has 0 heterocycles. The fraction of sp³-hybridized carbons (Fsp3) is 0.400. The zero-order valence-electron chi connectivity index (χ0n) is 5.40. The molecule has 0 aromatic carbocycles. The van der Waals surface area contributed by atoms with Crippen molar-refractivity contribution in [3.05, 3.63) is 0 Å². The summed E-state index contributed by atoms with van der Waals surface area (Å²) in [4.78, 5) is 19.7. The zero-order valence-corrected chi connectivity index (χ0v) is 5.40. The Morgan fingerprint density at radius 3 is 3.00 bits per heavy atom. The molecule has 0 N–H and O–H groups in total. The molecule has 54 valence electrons. The predicted octanol–water partition coefficient (Wildman–Crippen LogP) is -0.129. The molecule has 0 atom stereocenters. The zero-order chi connectivity index (χ0) is 7.82. The van der Waals surface area contributed by atoms with Gasteiger partial charge in [-0.15, -0.1) is 5.10 Å². The van der Waals surface area contributed by atoms with Gasteiger partial charge in [0.15, 0.2) is 0 Å². The van der Waals surface area contributed by atoms with Crippen LogP contribution >= 0.6 is 0 Å². The predicted molar refractivity (Wildman–Crippen MR) is 33.2 cm³/mol. The number of rotatable bonds is 3. The van der Waals surface area contributed by atoms with Gasteiger partial charge >= 0.3 is 5.97 Å². The first kappa shape index (κ1) is 8.52. The fourth-order valence-electron chi connectivity index (χ4n) is 0.279. The summed E-state index contributed by atoms with van der Waals surface area (Å²) in [5, 5.41) is 5.77. The number of isocyanates is 1. The molecule has 0 saturated heterocycles. The van der Waals surface area contributed by atoms with Gasteiger partial charge in [-0.2, -0.15) is 0 Å². The summed E-state index contributed by atoms with van der Waals surface area (Å²) in [6, 6.07) is 0. The molecule has 0 aromatic heterocycles. The number of carbonyl (C=O) groups is 1. The Labute approximate surface area is 57.4 Å². The van der Waals surface area contributed by atoms with Crippen molar-refractivity contribution < 1.29 is 14.3 Å². The van der Waals surface area contributed by atoms with Crippen LogP contribution in [0.1, 0.15) is 6.92 Å². The van der Waals surface area contributed by atoms with Gasteiger partial charge in [0.2, 0.25) is 0 Å². The van der Waals surface area contributed by atoms with E-state index in [9.17, 15) is 9.59 Å². The normalized spacial score (nSPS) is 8.90. The van der Waals surface area contributed by atoms with E-state index in [-0.39, 0.29) is 6.61 Å². The lowest BCUT2D eigenvalue weighted by atomic mass is 10.7.